The molecule has 2 aliphatic rings. The van der Waals surface area contributed by atoms with E-state index < -0.39 is 51.6 Å². The van der Waals surface area contributed by atoms with E-state index in [1.807, 2.05) is 0 Å². The molecule has 9 nitrogen and oxygen atoms in total. The Morgan fingerprint density at radius 2 is 1.97 bits per heavy atom. The highest BCUT2D eigenvalue weighted by atomic mass is 19.1. The van der Waals surface area contributed by atoms with Gasteiger partial charge < -0.3 is 24.8 Å². The van der Waals surface area contributed by atoms with Crippen molar-refractivity contribution >= 4 is 17.7 Å². The fourth-order valence-corrected chi connectivity index (χ4v) is 4.50. The van der Waals surface area contributed by atoms with Crippen LogP contribution in [0.25, 0.3) is 0 Å². The van der Waals surface area contributed by atoms with Crippen molar-refractivity contribution < 1.29 is 28.3 Å². The highest BCUT2D eigenvalue weighted by molar-refractivity contribution is 6.00. The Morgan fingerprint density at radius 1 is 1.26 bits per heavy atom. The summed E-state index contributed by atoms with van der Waals surface area (Å²) in [5.41, 5.74) is -2.68. The van der Waals surface area contributed by atoms with E-state index in [0.717, 1.165) is 12.1 Å². The van der Waals surface area contributed by atoms with Crippen molar-refractivity contribution in [2.75, 3.05) is 27.2 Å². The fraction of sp³-hybridized carbons (Fsp3) is 0.391. The Bertz CT molecular complexity index is 1270. The molecule has 2 N–H and O–H groups in total. The van der Waals surface area contributed by atoms with Crippen molar-refractivity contribution in [3.05, 3.63) is 63.1 Å². The van der Waals surface area contributed by atoms with Crippen LogP contribution in [0, 0.1) is 17.6 Å². The van der Waals surface area contributed by atoms with Gasteiger partial charge in [0.05, 0.1) is 11.5 Å². The highest BCUT2D eigenvalue weighted by Crippen LogP contribution is 2.54. The number of likely N-dealkylation sites (N-methyl/N-ethyl adjacent to an activating group) is 1. The smallest absolute Gasteiger partial charge is 0.274 e. The van der Waals surface area contributed by atoms with Crippen LogP contribution in [0.4, 0.5) is 8.78 Å². The fourth-order valence-electron chi connectivity index (χ4n) is 4.50. The standard InChI is InChI=1S/C23H24F2N4O5/c1-4-28-11-23(8-15(23)21(33)27(2)3)29-10-14(18(30)19(31)17(29)22(28)34)20(32)26-9-12-5-6-13(24)7-16(12)25/h5-7,10,15,31H,4,8-9,11H2,1-3H3,(H,26,32). The quantitative estimate of drug-likeness (QED) is 0.673. The minimum absolute atomic E-state index is 0.00102. The zero-order chi connectivity index (χ0) is 24.9. The summed E-state index contributed by atoms with van der Waals surface area (Å²) in [6.07, 6.45) is 1.55. The number of nitrogens with one attached hydrogen (secondary N) is 1. The largest absolute Gasteiger partial charge is 0.503 e. The molecule has 0 saturated heterocycles. The van der Waals surface area contributed by atoms with Crippen LogP contribution in [0.3, 0.4) is 0 Å². The molecule has 2 aromatic rings. The summed E-state index contributed by atoms with van der Waals surface area (Å²) in [4.78, 5) is 54.1. The number of pyridine rings is 1. The number of carbonyl (C=O) groups is 3. The van der Waals surface area contributed by atoms with Crippen LogP contribution in [0.5, 0.6) is 5.75 Å². The van der Waals surface area contributed by atoms with E-state index >= 15 is 0 Å². The van der Waals surface area contributed by atoms with Crippen LogP contribution in [0.1, 0.15) is 39.8 Å². The zero-order valence-electron chi connectivity index (χ0n) is 18.9. The highest BCUT2D eigenvalue weighted by Gasteiger charge is 2.64. The molecule has 1 aromatic carbocycles. The molecule has 1 aliphatic heterocycles. The number of benzene rings is 1. The minimum atomic E-state index is -1.05. The van der Waals surface area contributed by atoms with Crippen molar-refractivity contribution in [2.24, 2.45) is 5.92 Å². The Balaban J connectivity index is 1.73. The molecule has 11 heteroatoms. The van der Waals surface area contributed by atoms with Crippen LogP contribution in [0.2, 0.25) is 0 Å². The SMILES string of the molecule is CCN1CC2(CC2C(=O)N(C)C)n2cc(C(=O)NCc3ccc(F)cc3F)c(=O)c(O)c2C1=O. The van der Waals surface area contributed by atoms with Gasteiger partial charge in [-0.25, -0.2) is 8.78 Å². The van der Waals surface area contributed by atoms with Crippen molar-refractivity contribution in [3.63, 3.8) is 0 Å². The molecular formula is C23H24F2N4O5. The molecule has 3 amide bonds. The van der Waals surface area contributed by atoms with Gasteiger partial charge in [-0.3, -0.25) is 19.2 Å². The molecule has 1 spiro atoms. The Morgan fingerprint density at radius 3 is 2.59 bits per heavy atom. The van der Waals surface area contributed by atoms with Crippen LogP contribution < -0.4 is 10.7 Å². The molecule has 1 aromatic heterocycles. The number of hydrogen-bond acceptors (Lipinski definition) is 5. The van der Waals surface area contributed by atoms with E-state index in [1.165, 1.54) is 20.6 Å². The number of fused-ring (bicyclic) bond motifs is 2. The van der Waals surface area contributed by atoms with Crippen LogP contribution in [0.15, 0.2) is 29.2 Å². The van der Waals surface area contributed by atoms with Gasteiger partial charge in [-0.2, -0.15) is 0 Å². The maximum Gasteiger partial charge on any atom is 0.274 e. The van der Waals surface area contributed by atoms with Gasteiger partial charge in [0.2, 0.25) is 11.3 Å². The van der Waals surface area contributed by atoms with Gasteiger partial charge in [-0.15, -0.1) is 0 Å². The zero-order valence-corrected chi connectivity index (χ0v) is 18.9. The lowest BCUT2D eigenvalue weighted by atomic mass is 10.0. The molecule has 2 heterocycles. The number of rotatable bonds is 5. The number of amides is 3. The maximum absolute atomic E-state index is 13.9. The van der Waals surface area contributed by atoms with Gasteiger partial charge in [-0.05, 0) is 19.4 Å². The molecule has 1 aliphatic carbocycles. The number of aromatic hydroxyl groups is 1. The van der Waals surface area contributed by atoms with Crippen LogP contribution >= 0.6 is 0 Å². The third-order valence-electron chi connectivity index (χ3n) is 6.48. The van der Waals surface area contributed by atoms with Gasteiger partial charge in [-0.1, -0.05) is 6.07 Å². The van der Waals surface area contributed by atoms with E-state index in [4.69, 9.17) is 0 Å². The van der Waals surface area contributed by atoms with Crippen molar-refractivity contribution in [1.82, 2.24) is 19.7 Å². The van der Waals surface area contributed by atoms with Gasteiger partial charge in [0.25, 0.3) is 11.8 Å². The monoisotopic (exact) mass is 474 g/mol. The van der Waals surface area contributed by atoms with E-state index in [0.29, 0.717) is 19.0 Å². The number of nitrogens with zero attached hydrogens (tertiary/aromatic N) is 3. The third kappa shape index (κ3) is 3.61. The topological polar surface area (TPSA) is 112 Å². The number of aromatic nitrogens is 1. The predicted octanol–water partition coefficient (Wildman–Crippen LogP) is 1.04. The van der Waals surface area contributed by atoms with Gasteiger partial charge in [0.1, 0.15) is 17.2 Å². The lowest BCUT2D eigenvalue weighted by molar-refractivity contribution is -0.131. The second kappa shape index (κ2) is 8.23. The second-order valence-corrected chi connectivity index (χ2v) is 8.77. The lowest BCUT2D eigenvalue weighted by Gasteiger charge is -2.37. The Hall–Kier alpha value is -3.76. The molecule has 1 fully saturated rings. The molecule has 0 bridgehead atoms. The number of halogens is 2. The first kappa shape index (κ1) is 23.4. The molecule has 2 unspecified atom stereocenters. The van der Waals surface area contributed by atoms with Crippen molar-refractivity contribution in [3.8, 4) is 5.75 Å². The summed E-state index contributed by atoms with van der Waals surface area (Å²) >= 11 is 0. The molecule has 4 rings (SSSR count). The Labute approximate surface area is 193 Å². The first-order valence-corrected chi connectivity index (χ1v) is 10.7. The summed E-state index contributed by atoms with van der Waals surface area (Å²) in [5.74, 6) is -4.68. The van der Waals surface area contributed by atoms with Crippen LogP contribution in [-0.2, 0) is 16.9 Å². The number of carbonyl (C=O) groups excluding carboxylic acids is 3. The summed E-state index contributed by atoms with van der Waals surface area (Å²) in [6.45, 7) is 1.91. The third-order valence-corrected chi connectivity index (χ3v) is 6.48. The molecule has 2 atom stereocenters. The average Bonchev–Trinajstić information content (AvgIpc) is 3.51. The van der Waals surface area contributed by atoms with Gasteiger partial charge in [0.15, 0.2) is 11.4 Å². The van der Waals surface area contributed by atoms with E-state index in [2.05, 4.69) is 5.32 Å². The molecular weight excluding hydrogens is 450 g/mol. The second-order valence-electron chi connectivity index (χ2n) is 8.77. The summed E-state index contributed by atoms with van der Waals surface area (Å²) in [5, 5.41) is 13.0. The average molecular weight is 474 g/mol. The summed E-state index contributed by atoms with van der Waals surface area (Å²) < 4.78 is 28.4. The van der Waals surface area contributed by atoms with Gasteiger partial charge >= 0.3 is 0 Å². The predicted molar refractivity (Wildman–Crippen MR) is 116 cm³/mol. The summed E-state index contributed by atoms with van der Waals surface area (Å²) in [7, 11) is 3.22. The molecule has 34 heavy (non-hydrogen) atoms. The first-order valence-electron chi connectivity index (χ1n) is 10.7. The van der Waals surface area contributed by atoms with Crippen molar-refractivity contribution in [2.45, 2.75) is 25.4 Å². The first-order chi connectivity index (χ1) is 16.0. The van der Waals surface area contributed by atoms with E-state index in [1.54, 1.807) is 21.0 Å². The lowest BCUT2D eigenvalue weighted by Crippen LogP contribution is -2.50. The maximum atomic E-state index is 13.9. The summed E-state index contributed by atoms with van der Waals surface area (Å²) in [6, 6.07) is 2.87. The van der Waals surface area contributed by atoms with E-state index in [9.17, 15) is 33.1 Å². The molecule has 180 valence electrons. The van der Waals surface area contributed by atoms with Crippen molar-refractivity contribution in [1.29, 1.82) is 0 Å². The van der Waals surface area contributed by atoms with E-state index in [-0.39, 0.29) is 30.3 Å². The molecule has 1 saturated carbocycles. The number of hydrogen-bond donors (Lipinski definition) is 2. The Kier molecular flexibility index (Phi) is 5.66. The minimum Gasteiger partial charge on any atom is -0.503 e. The van der Waals surface area contributed by atoms with Crippen LogP contribution in [-0.4, -0.2) is 64.4 Å². The normalized spacial score (nSPS) is 20.8. The van der Waals surface area contributed by atoms with Gasteiger partial charge in [0, 0.05) is 51.6 Å². The molecule has 0 radical (unpaired) electrons.